The van der Waals surface area contributed by atoms with Crippen molar-refractivity contribution in [2.45, 2.75) is 25.8 Å². The average molecular weight is 319 g/mol. The molecule has 0 saturated heterocycles. The Balaban J connectivity index is 2.16. The summed E-state index contributed by atoms with van der Waals surface area (Å²) in [6.07, 6.45) is 0.457. The third kappa shape index (κ3) is 4.05. The van der Waals surface area contributed by atoms with Gasteiger partial charge in [0.05, 0.1) is 0 Å². The number of nitrogens with one attached hydrogen (secondary N) is 2. The van der Waals surface area contributed by atoms with Crippen LogP contribution in [0.3, 0.4) is 0 Å². The highest BCUT2D eigenvalue weighted by atomic mass is 32.1. The minimum atomic E-state index is -1.26. The van der Waals surface area contributed by atoms with Crippen molar-refractivity contribution in [2.75, 3.05) is 5.32 Å². The number of amides is 2. The number of thiazole rings is 1. The number of carboxylic acid groups (broad SMARTS) is 1. The van der Waals surface area contributed by atoms with Gasteiger partial charge in [0.25, 0.3) is 5.91 Å². The van der Waals surface area contributed by atoms with Crippen LogP contribution in [0.1, 0.15) is 36.2 Å². The molecule has 1 aromatic carbocycles. The first-order valence-corrected chi connectivity index (χ1v) is 7.60. The van der Waals surface area contributed by atoms with Crippen molar-refractivity contribution in [1.82, 2.24) is 10.3 Å². The molecule has 1 aromatic heterocycles. The molecule has 7 heteroatoms. The molecule has 1 unspecified atom stereocenters. The van der Waals surface area contributed by atoms with Gasteiger partial charge >= 0.3 is 6.09 Å². The number of benzene rings is 1. The lowest BCUT2D eigenvalue weighted by Gasteiger charge is -2.16. The third-order valence-corrected chi connectivity index (χ3v) is 4.20. The summed E-state index contributed by atoms with van der Waals surface area (Å²) in [7, 11) is 0. The second-order valence-corrected chi connectivity index (χ2v) is 6.07. The molecule has 0 fully saturated rings. The van der Waals surface area contributed by atoms with E-state index in [0.29, 0.717) is 16.6 Å². The topological polar surface area (TPSA) is 91.3 Å². The number of aromatic nitrogens is 1. The minimum absolute atomic E-state index is 0.324. The lowest BCUT2D eigenvalue weighted by atomic mass is 10.1. The molecule has 0 saturated carbocycles. The van der Waals surface area contributed by atoms with E-state index >= 15 is 0 Å². The Morgan fingerprint density at radius 1 is 1.23 bits per heavy atom. The zero-order valence-electron chi connectivity index (χ0n) is 12.2. The zero-order valence-corrected chi connectivity index (χ0v) is 13.1. The van der Waals surface area contributed by atoms with Crippen LogP contribution in [-0.4, -0.2) is 22.1 Å². The van der Waals surface area contributed by atoms with Crippen LogP contribution < -0.4 is 10.6 Å². The predicted octanol–water partition coefficient (Wildman–Crippen LogP) is 3.21. The van der Waals surface area contributed by atoms with E-state index in [1.54, 1.807) is 36.5 Å². The molecule has 2 amide bonds. The molecular formula is C15H17N3O3S. The zero-order chi connectivity index (χ0) is 16.1. The van der Waals surface area contributed by atoms with Crippen LogP contribution in [0.15, 0.2) is 36.5 Å². The summed E-state index contributed by atoms with van der Waals surface area (Å²) in [5, 5.41) is 14.3. The maximum atomic E-state index is 12.4. The first kappa shape index (κ1) is 16.0. The summed E-state index contributed by atoms with van der Waals surface area (Å²) < 4.78 is 0. The van der Waals surface area contributed by atoms with Crippen molar-refractivity contribution in [2.24, 2.45) is 0 Å². The molecule has 2 aromatic rings. The summed E-state index contributed by atoms with van der Waals surface area (Å²) in [6, 6.07) is 7.71. The Morgan fingerprint density at radius 2 is 1.91 bits per heavy atom. The van der Waals surface area contributed by atoms with E-state index in [4.69, 9.17) is 5.11 Å². The summed E-state index contributed by atoms with van der Waals surface area (Å²) in [4.78, 5) is 28.5. The number of hydrogen-bond donors (Lipinski definition) is 3. The average Bonchev–Trinajstić information content (AvgIpc) is 2.94. The predicted molar refractivity (Wildman–Crippen MR) is 85.2 cm³/mol. The first-order chi connectivity index (χ1) is 10.5. The highest BCUT2D eigenvalue weighted by Gasteiger charge is 2.23. The monoisotopic (exact) mass is 319 g/mol. The fraction of sp³-hybridized carbons (Fsp3) is 0.267. The maximum Gasteiger partial charge on any atom is 0.405 e. The third-order valence-electron chi connectivity index (χ3n) is 2.99. The Kier molecular flexibility index (Phi) is 5.11. The SMILES string of the molecule is CC(C)c1cnc(NC(=O)C(NC(=O)O)c2ccccc2)s1. The van der Waals surface area contributed by atoms with Gasteiger partial charge < -0.3 is 10.4 Å². The summed E-state index contributed by atoms with van der Waals surface area (Å²) >= 11 is 1.38. The van der Waals surface area contributed by atoms with Gasteiger partial charge in [0.15, 0.2) is 5.13 Å². The van der Waals surface area contributed by atoms with Crippen molar-refractivity contribution in [1.29, 1.82) is 0 Å². The molecule has 0 aliphatic rings. The van der Waals surface area contributed by atoms with Gasteiger partial charge in [0.2, 0.25) is 0 Å². The minimum Gasteiger partial charge on any atom is -0.465 e. The van der Waals surface area contributed by atoms with Crippen molar-refractivity contribution in [3.8, 4) is 0 Å². The molecule has 116 valence electrons. The molecule has 1 heterocycles. The van der Waals surface area contributed by atoms with Gasteiger partial charge in [0.1, 0.15) is 6.04 Å². The quantitative estimate of drug-likeness (QED) is 0.789. The standard InChI is InChI=1S/C15H17N3O3S/c1-9(2)11-8-16-14(22-11)18-13(19)12(17-15(20)21)10-6-4-3-5-7-10/h3-9,12,17H,1-2H3,(H,20,21)(H,16,18,19). The van der Waals surface area contributed by atoms with Gasteiger partial charge in [-0.2, -0.15) is 0 Å². The molecule has 0 radical (unpaired) electrons. The highest BCUT2D eigenvalue weighted by molar-refractivity contribution is 7.15. The van der Waals surface area contributed by atoms with Crippen LogP contribution in [0.4, 0.5) is 9.93 Å². The fourth-order valence-corrected chi connectivity index (χ4v) is 2.68. The summed E-state index contributed by atoms with van der Waals surface area (Å²) in [5.74, 6) is -0.136. The van der Waals surface area contributed by atoms with E-state index in [1.165, 1.54) is 11.3 Å². The number of rotatable bonds is 5. The van der Waals surface area contributed by atoms with Crippen molar-refractivity contribution in [3.63, 3.8) is 0 Å². The molecule has 3 N–H and O–H groups in total. The van der Waals surface area contributed by atoms with Gasteiger partial charge in [0, 0.05) is 11.1 Å². The Bertz CT molecular complexity index is 655. The first-order valence-electron chi connectivity index (χ1n) is 6.78. The lowest BCUT2D eigenvalue weighted by molar-refractivity contribution is -0.118. The van der Waals surface area contributed by atoms with Crippen LogP contribution in [-0.2, 0) is 4.79 Å². The number of nitrogens with zero attached hydrogens (tertiary/aromatic N) is 1. The van der Waals surface area contributed by atoms with Crippen LogP contribution in [0.25, 0.3) is 0 Å². The van der Waals surface area contributed by atoms with E-state index in [-0.39, 0.29) is 0 Å². The molecule has 0 bridgehead atoms. The van der Waals surface area contributed by atoms with E-state index in [1.807, 2.05) is 13.8 Å². The molecule has 22 heavy (non-hydrogen) atoms. The molecule has 0 aliphatic carbocycles. The van der Waals surface area contributed by atoms with Crippen LogP contribution in [0, 0.1) is 0 Å². The van der Waals surface area contributed by atoms with Crippen LogP contribution in [0.2, 0.25) is 0 Å². The number of carbonyl (C=O) groups is 2. The number of hydrogen-bond acceptors (Lipinski definition) is 4. The number of anilines is 1. The van der Waals surface area contributed by atoms with Gasteiger partial charge in [-0.25, -0.2) is 9.78 Å². The largest absolute Gasteiger partial charge is 0.465 e. The molecular weight excluding hydrogens is 302 g/mol. The smallest absolute Gasteiger partial charge is 0.405 e. The summed E-state index contributed by atoms with van der Waals surface area (Å²) in [5.41, 5.74) is 0.572. The van der Waals surface area contributed by atoms with Crippen LogP contribution >= 0.6 is 11.3 Å². The normalized spacial score (nSPS) is 12.0. The number of carbonyl (C=O) groups excluding carboxylic acids is 1. The van der Waals surface area contributed by atoms with Crippen LogP contribution in [0.5, 0.6) is 0 Å². The Labute approximate surface area is 132 Å². The van der Waals surface area contributed by atoms with E-state index < -0.39 is 18.0 Å². The van der Waals surface area contributed by atoms with E-state index in [0.717, 1.165) is 4.88 Å². The second-order valence-electron chi connectivity index (χ2n) is 5.00. The van der Waals surface area contributed by atoms with Crippen molar-refractivity contribution >= 4 is 28.5 Å². The Hall–Kier alpha value is -2.41. The van der Waals surface area contributed by atoms with Gasteiger partial charge in [-0.3, -0.25) is 10.1 Å². The van der Waals surface area contributed by atoms with Crippen molar-refractivity contribution in [3.05, 3.63) is 47.0 Å². The molecule has 0 aliphatic heterocycles. The van der Waals surface area contributed by atoms with E-state index in [2.05, 4.69) is 15.6 Å². The molecule has 2 rings (SSSR count). The molecule has 0 spiro atoms. The maximum absolute atomic E-state index is 12.4. The molecule has 1 atom stereocenters. The highest BCUT2D eigenvalue weighted by Crippen LogP contribution is 2.26. The van der Waals surface area contributed by atoms with Gasteiger partial charge in [-0.05, 0) is 11.5 Å². The lowest BCUT2D eigenvalue weighted by Crippen LogP contribution is -2.36. The van der Waals surface area contributed by atoms with E-state index in [9.17, 15) is 9.59 Å². The van der Waals surface area contributed by atoms with Gasteiger partial charge in [-0.15, -0.1) is 11.3 Å². The second kappa shape index (κ2) is 7.04. The summed E-state index contributed by atoms with van der Waals surface area (Å²) in [6.45, 7) is 4.08. The fourth-order valence-electron chi connectivity index (χ4n) is 1.86. The Morgan fingerprint density at radius 3 is 2.45 bits per heavy atom. The molecule has 6 nitrogen and oxygen atoms in total. The van der Waals surface area contributed by atoms with Crippen molar-refractivity contribution < 1.29 is 14.7 Å². The van der Waals surface area contributed by atoms with Gasteiger partial charge in [-0.1, -0.05) is 44.2 Å².